The van der Waals surface area contributed by atoms with E-state index in [1.54, 1.807) is 48.0 Å². The third kappa shape index (κ3) is 4.48. The van der Waals surface area contributed by atoms with E-state index in [9.17, 15) is 9.59 Å². The van der Waals surface area contributed by atoms with Crippen LogP contribution in [0, 0.1) is 0 Å². The van der Waals surface area contributed by atoms with Gasteiger partial charge in [0.2, 0.25) is 5.91 Å². The average Bonchev–Trinajstić information content (AvgIpc) is 3.25. The van der Waals surface area contributed by atoms with Crippen LogP contribution in [-0.2, 0) is 4.79 Å². The lowest BCUT2D eigenvalue weighted by molar-refractivity contribution is -0.125. The molecule has 2 atom stereocenters. The molecule has 5 nitrogen and oxygen atoms in total. The standard InChI is InChI=1S/C24H28N2O3S/c1-29-20-14-12-17(13-15-20)23(28)26-21(22(27)25-19-10-6-3-7-11-19)16-30-24(26)18-8-4-2-5-9-18/h2,4-5,8-9,12-15,19,21,24H,3,6-7,10-11,16H2,1H3,(H,25,27). The van der Waals surface area contributed by atoms with Gasteiger partial charge in [0.25, 0.3) is 5.91 Å². The predicted molar refractivity (Wildman–Crippen MR) is 120 cm³/mol. The third-order valence-corrected chi connectivity index (χ3v) is 7.23. The van der Waals surface area contributed by atoms with Crippen LogP contribution in [0.3, 0.4) is 0 Å². The lowest BCUT2D eigenvalue weighted by Crippen LogP contribution is -2.50. The Labute approximate surface area is 182 Å². The van der Waals surface area contributed by atoms with Gasteiger partial charge in [-0.2, -0.15) is 0 Å². The maximum Gasteiger partial charge on any atom is 0.255 e. The molecule has 4 rings (SSSR count). The van der Waals surface area contributed by atoms with Crippen LogP contribution in [0.15, 0.2) is 54.6 Å². The first-order chi connectivity index (χ1) is 14.7. The van der Waals surface area contributed by atoms with Gasteiger partial charge in [0.15, 0.2) is 0 Å². The van der Waals surface area contributed by atoms with E-state index in [2.05, 4.69) is 5.32 Å². The van der Waals surface area contributed by atoms with E-state index in [1.165, 1.54) is 6.42 Å². The molecule has 2 unspecified atom stereocenters. The van der Waals surface area contributed by atoms with Crippen molar-refractivity contribution < 1.29 is 14.3 Å². The first-order valence-corrected chi connectivity index (χ1v) is 11.7. The summed E-state index contributed by atoms with van der Waals surface area (Å²) in [6.07, 6.45) is 5.61. The smallest absolute Gasteiger partial charge is 0.255 e. The molecule has 0 bridgehead atoms. The zero-order chi connectivity index (χ0) is 20.9. The van der Waals surface area contributed by atoms with Crippen molar-refractivity contribution in [1.82, 2.24) is 10.2 Å². The average molecular weight is 425 g/mol. The summed E-state index contributed by atoms with van der Waals surface area (Å²) in [6, 6.07) is 16.8. The summed E-state index contributed by atoms with van der Waals surface area (Å²) in [5.74, 6) is 1.14. The van der Waals surface area contributed by atoms with Gasteiger partial charge in [-0.05, 0) is 42.7 Å². The van der Waals surface area contributed by atoms with Gasteiger partial charge in [0, 0.05) is 17.4 Å². The fourth-order valence-corrected chi connectivity index (χ4v) is 5.69. The van der Waals surface area contributed by atoms with E-state index < -0.39 is 6.04 Å². The number of carbonyl (C=O) groups is 2. The number of methoxy groups -OCH3 is 1. The highest BCUT2D eigenvalue weighted by Gasteiger charge is 2.43. The van der Waals surface area contributed by atoms with E-state index in [0.717, 1.165) is 31.2 Å². The van der Waals surface area contributed by atoms with Crippen LogP contribution in [-0.4, -0.2) is 41.7 Å². The Morgan fingerprint density at radius 1 is 1.00 bits per heavy atom. The van der Waals surface area contributed by atoms with Crippen LogP contribution < -0.4 is 10.1 Å². The maximum atomic E-state index is 13.5. The summed E-state index contributed by atoms with van der Waals surface area (Å²) in [4.78, 5) is 28.5. The topological polar surface area (TPSA) is 58.6 Å². The number of nitrogens with zero attached hydrogens (tertiary/aromatic N) is 1. The summed E-state index contributed by atoms with van der Waals surface area (Å²) in [5.41, 5.74) is 1.60. The number of nitrogens with one attached hydrogen (secondary N) is 1. The molecule has 1 saturated heterocycles. The minimum atomic E-state index is -0.475. The Kier molecular flexibility index (Phi) is 6.62. The van der Waals surface area contributed by atoms with Crippen LogP contribution in [0.1, 0.15) is 53.4 Å². The number of rotatable bonds is 5. The van der Waals surface area contributed by atoms with Gasteiger partial charge in [-0.3, -0.25) is 9.59 Å². The minimum Gasteiger partial charge on any atom is -0.497 e. The molecular formula is C24H28N2O3S. The molecule has 0 spiro atoms. The summed E-state index contributed by atoms with van der Waals surface area (Å²) in [6.45, 7) is 0. The predicted octanol–water partition coefficient (Wildman–Crippen LogP) is 4.40. The Hall–Kier alpha value is -2.47. The molecule has 2 aromatic rings. The molecule has 2 fully saturated rings. The van der Waals surface area contributed by atoms with Crippen molar-refractivity contribution in [3.8, 4) is 5.75 Å². The van der Waals surface area contributed by atoms with Gasteiger partial charge in [-0.15, -0.1) is 11.8 Å². The van der Waals surface area contributed by atoms with Crippen molar-refractivity contribution in [2.24, 2.45) is 0 Å². The fourth-order valence-electron chi connectivity index (χ4n) is 4.26. The Morgan fingerprint density at radius 3 is 2.37 bits per heavy atom. The van der Waals surface area contributed by atoms with E-state index in [1.807, 2.05) is 30.3 Å². The number of hydrogen-bond donors (Lipinski definition) is 1. The molecule has 1 N–H and O–H groups in total. The summed E-state index contributed by atoms with van der Waals surface area (Å²) in [5, 5.41) is 3.04. The van der Waals surface area contributed by atoms with E-state index in [-0.39, 0.29) is 23.2 Å². The van der Waals surface area contributed by atoms with Crippen molar-refractivity contribution in [3.05, 3.63) is 65.7 Å². The minimum absolute atomic E-state index is 0.0327. The first-order valence-electron chi connectivity index (χ1n) is 10.6. The lowest BCUT2D eigenvalue weighted by Gasteiger charge is -2.31. The maximum absolute atomic E-state index is 13.5. The van der Waals surface area contributed by atoms with Crippen LogP contribution in [0.2, 0.25) is 0 Å². The summed E-state index contributed by atoms with van der Waals surface area (Å²) < 4.78 is 5.22. The van der Waals surface area contributed by atoms with Crippen LogP contribution in [0.5, 0.6) is 5.75 Å². The normalized spacial score (nSPS) is 22.0. The van der Waals surface area contributed by atoms with Crippen molar-refractivity contribution in [3.63, 3.8) is 0 Å². The second kappa shape index (κ2) is 9.56. The number of ether oxygens (including phenoxy) is 1. The van der Waals surface area contributed by atoms with Crippen molar-refractivity contribution in [1.29, 1.82) is 0 Å². The van der Waals surface area contributed by atoms with E-state index >= 15 is 0 Å². The first kappa shape index (κ1) is 20.8. The number of hydrogen-bond acceptors (Lipinski definition) is 4. The van der Waals surface area contributed by atoms with Gasteiger partial charge < -0.3 is 15.0 Å². The molecule has 2 amide bonds. The zero-order valence-electron chi connectivity index (χ0n) is 17.3. The number of carbonyl (C=O) groups excluding carboxylic acids is 2. The summed E-state index contributed by atoms with van der Waals surface area (Å²) in [7, 11) is 1.60. The SMILES string of the molecule is COc1ccc(C(=O)N2C(C(=O)NC3CCCCC3)CSC2c2ccccc2)cc1. The molecule has 1 aliphatic heterocycles. The van der Waals surface area contributed by atoms with Crippen LogP contribution in [0.4, 0.5) is 0 Å². The zero-order valence-corrected chi connectivity index (χ0v) is 18.1. The molecule has 1 heterocycles. The van der Waals surface area contributed by atoms with Crippen molar-refractivity contribution in [2.45, 2.75) is 49.6 Å². The molecule has 158 valence electrons. The second-order valence-corrected chi connectivity index (χ2v) is 9.01. The Balaban J connectivity index is 1.59. The number of amides is 2. The molecule has 0 radical (unpaired) electrons. The van der Waals surface area contributed by atoms with Gasteiger partial charge in [0.05, 0.1) is 7.11 Å². The highest BCUT2D eigenvalue weighted by Crippen LogP contribution is 2.42. The van der Waals surface area contributed by atoms with Gasteiger partial charge in [-0.1, -0.05) is 49.6 Å². The van der Waals surface area contributed by atoms with Crippen molar-refractivity contribution in [2.75, 3.05) is 12.9 Å². The number of benzene rings is 2. The highest BCUT2D eigenvalue weighted by molar-refractivity contribution is 7.99. The Bertz CT molecular complexity index is 866. The second-order valence-electron chi connectivity index (χ2n) is 7.90. The monoisotopic (exact) mass is 424 g/mol. The van der Waals surface area contributed by atoms with Gasteiger partial charge >= 0.3 is 0 Å². The molecule has 30 heavy (non-hydrogen) atoms. The highest BCUT2D eigenvalue weighted by atomic mass is 32.2. The van der Waals surface area contributed by atoms with Crippen molar-refractivity contribution >= 4 is 23.6 Å². The molecule has 2 aromatic carbocycles. The third-order valence-electron chi connectivity index (χ3n) is 5.91. The molecule has 1 saturated carbocycles. The largest absolute Gasteiger partial charge is 0.497 e. The summed E-state index contributed by atoms with van der Waals surface area (Å²) >= 11 is 1.65. The molecular weight excluding hydrogens is 396 g/mol. The number of thioether (sulfide) groups is 1. The quantitative estimate of drug-likeness (QED) is 0.773. The lowest BCUT2D eigenvalue weighted by atomic mass is 9.95. The molecule has 6 heteroatoms. The van der Waals surface area contributed by atoms with Crippen LogP contribution in [0.25, 0.3) is 0 Å². The molecule has 0 aromatic heterocycles. The molecule has 2 aliphatic rings. The fraction of sp³-hybridized carbons (Fsp3) is 0.417. The van der Waals surface area contributed by atoms with Gasteiger partial charge in [-0.25, -0.2) is 0 Å². The van der Waals surface area contributed by atoms with Gasteiger partial charge in [0.1, 0.15) is 17.2 Å². The van der Waals surface area contributed by atoms with E-state index in [4.69, 9.17) is 4.74 Å². The molecule has 1 aliphatic carbocycles. The Morgan fingerprint density at radius 2 is 1.70 bits per heavy atom. The van der Waals surface area contributed by atoms with Crippen LogP contribution >= 0.6 is 11.8 Å². The van der Waals surface area contributed by atoms with E-state index in [0.29, 0.717) is 17.1 Å².